The SMILES string of the molecule is CC(C)(C)c1cc(N=C(N)N)c(SCCN)c(NC(=O)c2cc(C(=O)Nc3cc(C(C)(C)C)cc(NC(N)=O)c3SCCN)c(OCCN)cc2OCCN)c1.CC(C)(C)c1cc(NC(=O)CCCCN=C(N)N)c(SCCN=C(N)N)c(NC(=O)c2cccc(C(=O)Nc3cc(C(C)(C)C)cc(NC(=O)CCCCN=C(N)N)c3SCCN=C(N)N)c2)c1. The molecule has 6 aromatic rings. The van der Waals surface area contributed by atoms with Crippen LogP contribution in [0.3, 0.4) is 0 Å². The highest BCUT2D eigenvalue weighted by Gasteiger charge is 2.30. The number of amides is 8. The number of carbonyl (C=O) groups is 7. The fraction of sp³-hybridized carbons (Fsp3) is 0.429. The maximum Gasteiger partial charge on any atom is 0.316 e. The van der Waals surface area contributed by atoms with Gasteiger partial charge in [-0.15, -0.1) is 47.0 Å². The molecule has 0 unspecified atom stereocenters. The van der Waals surface area contributed by atoms with E-state index < -0.39 is 29.7 Å². The second-order valence-corrected chi connectivity index (χ2v) is 36.7. The van der Waals surface area contributed by atoms with Crippen LogP contribution in [0.25, 0.3) is 0 Å². The molecule has 0 aliphatic rings. The number of guanidine groups is 5. The van der Waals surface area contributed by atoms with Crippen LogP contribution >= 0.6 is 47.0 Å². The number of carbonyl (C=O) groups excluding carboxylic acids is 7. The van der Waals surface area contributed by atoms with Crippen LogP contribution in [-0.2, 0) is 31.2 Å². The summed E-state index contributed by atoms with van der Waals surface area (Å²) in [6.07, 6.45) is 2.74. The largest absolute Gasteiger partial charge is 0.491 e. The van der Waals surface area contributed by atoms with Crippen molar-refractivity contribution in [1.29, 1.82) is 0 Å². The van der Waals surface area contributed by atoms with Gasteiger partial charge < -0.3 is 133 Å². The summed E-state index contributed by atoms with van der Waals surface area (Å²) >= 11 is 5.45. The minimum Gasteiger partial charge on any atom is -0.491 e. The molecule has 0 fully saturated rings. The molecular weight excluding hydrogens is 1660 g/mol. The number of unbranched alkanes of at least 4 members (excludes halogenated alkanes) is 2. The minimum atomic E-state index is -0.771. The number of primary amides is 1. The van der Waals surface area contributed by atoms with Crippen LogP contribution in [0.2, 0.25) is 0 Å². The Hall–Kier alpha value is -11.4. The van der Waals surface area contributed by atoms with E-state index in [-0.39, 0.29) is 149 Å². The first-order valence-corrected chi connectivity index (χ1v) is 44.0. The first-order chi connectivity index (χ1) is 58.3. The number of nitrogens with two attached hydrogens (primary N) is 15. The molecule has 124 heavy (non-hydrogen) atoms. The van der Waals surface area contributed by atoms with Crippen molar-refractivity contribution >= 4 is 164 Å². The molecule has 40 heteroatoms. The molecule has 0 bridgehead atoms. The molecule has 6 rings (SSSR count). The highest BCUT2D eigenvalue weighted by atomic mass is 32.2. The van der Waals surface area contributed by atoms with Gasteiger partial charge in [0.05, 0.1) is 89.3 Å². The van der Waals surface area contributed by atoms with Crippen molar-refractivity contribution in [1.82, 2.24) is 0 Å². The number of urea groups is 1. The normalized spacial score (nSPS) is 11.3. The number of ether oxygens (including phenoxy) is 2. The highest BCUT2D eigenvalue weighted by molar-refractivity contribution is 8.00. The molecule has 0 saturated carbocycles. The summed E-state index contributed by atoms with van der Waals surface area (Å²) in [6.45, 7) is 26.7. The minimum absolute atomic E-state index is 0.00594. The number of aliphatic imine (C=N–C) groups is 5. The molecule has 0 aliphatic heterocycles. The van der Waals surface area contributed by atoms with Crippen LogP contribution in [-0.4, -0.2) is 160 Å². The van der Waals surface area contributed by atoms with Crippen molar-refractivity contribution in [2.75, 3.05) is 126 Å². The molecule has 0 heterocycles. The first-order valence-electron chi connectivity index (χ1n) is 40.1. The lowest BCUT2D eigenvalue weighted by atomic mass is 9.86. The Morgan fingerprint density at radius 2 is 0.653 bits per heavy atom. The van der Waals surface area contributed by atoms with Crippen molar-refractivity contribution in [2.24, 2.45) is 111 Å². The molecule has 36 nitrogen and oxygen atoms in total. The molecule has 0 atom stereocenters. The summed E-state index contributed by atoms with van der Waals surface area (Å²) in [5.74, 6) is -0.910. The number of nitrogens with zero attached hydrogens (tertiary/aromatic N) is 5. The van der Waals surface area contributed by atoms with Crippen molar-refractivity contribution in [2.45, 2.75) is 163 Å². The maximum atomic E-state index is 14.5. The van der Waals surface area contributed by atoms with Gasteiger partial charge in [0.25, 0.3) is 23.6 Å². The molecule has 0 aromatic heterocycles. The number of nitrogens with one attached hydrogen (secondary N) is 7. The number of benzene rings is 6. The van der Waals surface area contributed by atoms with E-state index in [2.05, 4.69) is 62.2 Å². The van der Waals surface area contributed by atoms with E-state index in [1.807, 2.05) is 132 Å². The van der Waals surface area contributed by atoms with Gasteiger partial charge in [-0.2, -0.15) is 0 Å². The van der Waals surface area contributed by atoms with Gasteiger partial charge in [0.2, 0.25) is 11.8 Å². The summed E-state index contributed by atoms with van der Waals surface area (Å²) in [5, 5.41) is 20.9. The second-order valence-electron chi connectivity index (χ2n) is 32.3. The predicted octanol–water partition coefficient (Wildman–Crippen LogP) is 8.24. The zero-order valence-electron chi connectivity index (χ0n) is 72.9. The van der Waals surface area contributed by atoms with Crippen LogP contribution in [0.15, 0.2) is 129 Å². The molecule has 0 aliphatic carbocycles. The van der Waals surface area contributed by atoms with Crippen LogP contribution < -0.4 is 133 Å². The van der Waals surface area contributed by atoms with Gasteiger partial charge >= 0.3 is 6.03 Å². The summed E-state index contributed by atoms with van der Waals surface area (Å²) in [6, 6.07) is 23.3. The monoisotopic (exact) mass is 1790 g/mol. The molecule has 6 aromatic carbocycles. The predicted molar refractivity (Wildman–Crippen MR) is 512 cm³/mol. The number of rotatable bonds is 42. The van der Waals surface area contributed by atoms with Gasteiger partial charge in [-0.05, 0) is 142 Å². The van der Waals surface area contributed by atoms with Crippen molar-refractivity contribution < 1.29 is 43.0 Å². The number of hydrogen-bond acceptors (Lipinski definition) is 22. The Kier molecular flexibility index (Phi) is 40.9. The van der Waals surface area contributed by atoms with Crippen LogP contribution in [0.1, 0.15) is 185 Å². The fourth-order valence-corrected chi connectivity index (χ4v) is 15.0. The Labute approximate surface area is 743 Å². The zero-order chi connectivity index (χ0) is 92.4. The Balaban J connectivity index is 0.000000449. The molecule has 37 N–H and O–H groups in total. The third-order valence-electron chi connectivity index (χ3n) is 17.8. The lowest BCUT2D eigenvalue weighted by Crippen LogP contribution is -2.23. The van der Waals surface area contributed by atoms with Crippen LogP contribution in [0.5, 0.6) is 11.5 Å². The van der Waals surface area contributed by atoms with Crippen LogP contribution in [0, 0.1) is 0 Å². The summed E-state index contributed by atoms with van der Waals surface area (Å²) in [7, 11) is 0. The van der Waals surface area contributed by atoms with E-state index >= 15 is 0 Å². The Bertz CT molecular complexity index is 4700. The van der Waals surface area contributed by atoms with Crippen molar-refractivity contribution in [3.63, 3.8) is 0 Å². The zero-order valence-corrected chi connectivity index (χ0v) is 76.2. The second kappa shape index (κ2) is 49.2. The highest BCUT2D eigenvalue weighted by Crippen LogP contribution is 2.46. The molecule has 676 valence electrons. The Morgan fingerprint density at radius 3 is 0.984 bits per heavy atom. The lowest BCUT2D eigenvalue weighted by molar-refractivity contribution is -0.117. The lowest BCUT2D eigenvalue weighted by Gasteiger charge is -2.25. The number of anilines is 7. The summed E-state index contributed by atoms with van der Waals surface area (Å²) in [5.41, 5.74) is 90.4. The smallest absolute Gasteiger partial charge is 0.316 e. The van der Waals surface area contributed by atoms with Gasteiger partial charge in [0, 0.05) is 92.3 Å². The average molecular weight is 1790 g/mol. The van der Waals surface area contributed by atoms with Gasteiger partial charge in [-0.25, -0.2) is 9.79 Å². The third-order valence-corrected chi connectivity index (χ3v) is 22.3. The van der Waals surface area contributed by atoms with Crippen molar-refractivity contribution in [3.8, 4) is 11.5 Å². The maximum absolute atomic E-state index is 14.5. The first kappa shape index (κ1) is 103. The third kappa shape index (κ3) is 34.4. The van der Waals surface area contributed by atoms with E-state index in [4.69, 9.17) is 95.5 Å². The quantitative estimate of drug-likeness (QED) is 0.00742. The molecular formula is C84H127N27O9S4. The summed E-state index contributed by atoms with van der Waals surface area (Å²) in [4.78, 5) is 119. The van der Waals surface area contributed by atoms with E-state index in [1.165, 1.54) is 65.2 Å². The molecule has 0 radical (unpaired) electrons. The van der Waals surface area contributed by atoms with Gasteiger partial charge in [-0.3, -0.25) is 48.7 Å². The molecule has 8 amide bonds. The standard InChI is InChI=1S/C46H70N16O4S2.C38H57N11O5S2/c1-45(2,3)29-23-31(59-35(63)14-7-9-16-55-41(47)48)37(67-20-18-57-43(51)52)33(25-29)61-39(65)27-12-11-13-28(22-27)40(66)62-34-26-30(46(4,5)6)24-32(38(34)68-21-19-58-44(53)54)60-36(64)15-8-10-17-56-42(49)50;1-37(2,3)21-15-25(31(55-13-9-41)27(17-21)48-35(43)44)46-33(50)23-19-24(30(54-12-8-40)20-29(23)53-11-7-39)34(51)47-26-16-22(38(4,5)6)18-28(49-36(45)52)32(26)56-14-10-42/h11-13,22-26H,7-10,14-21H2,1-6H3,(H,59,63)(H,60,64)(H,61,65)(H,62,66)(H4,47,48,55)(H4,49,50,56)(H4,51,52,57)(H4,53,54,58);15-20H,7-14,39-42H2,1-6H3,(H,46,50)(H,47,51)(H4,43,44,48)(H3,45,49,52). The topological polar surface area (TPSA) is 674 Å². The fourth-order valence-electron chi connectivity index (χ4n) is 11.5. The number of thioether (sulfide) groups is 4. The number of hydrogen-bond donors (Lipinski definition) is 22. The van der Waals surface area contributed by atoms with Gasteiger partial charge in [0.1, 0.15) is 24.7 Å². The van der Waals surface area contributed by atoms with Crippen molar-refractivity contribution in [3.05, 3.63) is 129 Å². The summed E-state index contributed by atoms with van der Waals surface area (Å²) < 4.78 is 11.9. The van der Waals surface area contributed by atoms with E-state index in [0.717, 1.165) is 22.3 Å². The molecule has 0 saturated heterocycles. The average Bonchev–Trinajstić information content (AvgIpc) is 0.790. The van der Waals surface area contributed by atoms with Gasteiger partial charge in [-0.1, -0.05) is 89.2 Å². The molecule has 0 spiro atoms. The van der Waals surface area contributed by atoms with Gasteiger partial charge in [0.15, 0.2) is 29.8 Å². The van der Waals surface area contributed by atoms with E-state index in [9.17, 15) is 33.6 Å². The van der Waals surface area contributed by atoms with E-state index in [0.29, 0.717) is 140 Å². The Morgan fingerprint density at radius 1 is 0.339 bits per heavy atom. The van der Waals surface area contributed by atoms with Crippen LogP contribution in [0.4, 0.5) is 50.3 Å². The van der Waals surface area contributed by atoms with E-state index in [1.54, 1.807) is 18.2 Å².